The van der Waals surface area contributed by atoms with Gasteiger partial charge in [0.25, 0.3) is 5.91 Å². The molecule has 2 aliphatic rings. The molecular weight excluding hydrogens is 472 g/mol. The number of piperidine rings is 1. The highest BCUT2D eigenvalue weighted by molar-refractivity contribution is 6.76. The highest BCUT2D eigenvalue weighted by Crippen LogP contribution is 2.60. The van der Waals surface area contributed by atoms with Gasteiger partial charge in [0.15, 0.2) is 5.65 Å². The highest BCUT2D eigenvalue weighted by atomic mass is 28.3. The Hall–Kier alpha value is -3.23. The van der Waals surface area contributed by atoms with Gasteiger partial charge in [-0.2, -0.15) is 20.3 Å². The van der Waals surface area contributed by atoms with Gasteiger partial charge in [-0.25, -0.2) is 0 Å². The molecule has 4 heterocycles. The molecule has 0 radical (unpaired) electrons. The number of carbonyl (C=O) groups excluding carboxylic acids is 1. The van der Waals surface area contributed by atoms with Gasteiger partial charge in [0.05, 0.1) is 22.7 Å². The van der Waals surface area contributed by atoms with E-state index in [4.69, 9.17) is 9.72 Å². The van der Waals surface area contributed by atoms with Crippen molar-refractivity contribution in [2.75, 3.05) is 29.9 Å². The smallest absolute Gasteiger partial charge is 0.261 e. The molecule has 2 unspecified atom stereocenters. The molecule has 1 aliphatic heterocycles. The fourth-order valence-corrected chi connectivity index (χ4v) is 5.95. The summed E-state index contributed by atoms with van der Waals surface area (Å²) in [7, 11) is 0.540. The molecule has 1 N–H and O–H groups in total. The van der Waals surface area contributed by atoms with E-state index in [0.717, 1.165) is 30.9 Å². The molecule has 36 heavy (non-hydrogen) atoms. The van der Waals surface area contributed by atoms with Crippen LogP contribution in [0.4, 0.5) is 11.8 Å². The van der Waals surface area contributed by atoms with E-state index in [9.17, 15) is 10.1 Å². The molecule has 0 aromatic carbocycles. The predicted molar refractivity (Wildman–Crippen MR) is 141 cm³/mol. The predicted octanol–water partition coefficient (Wildman–Crippen LogP) is 3.84. The number of carbonyl (C=O) groups is 1. The van der Waals surface area contributed by atoms with E-state index in [1.165, 1.54) is 12.6 Å². The van der Waals surface area contributed by atoms with Crippen LogP contribution in [0, 0.1) is 22.7 Å². The van der Waals surface area contributed by atoms with Crippen LogP contribution in [0.3, 0.4) is 0 Å². The molecule has 2 fully saturated rings. The van der Waals surface area contributed by atoms with E-state index in [1.807, 2.05) is 4.57 Å². The molecule has 1 aliphatic carbocycles. The number of nitrogens with zero attached hydrogens (tertiary/aromatic N) is 7. The molecule has 1 saturated carbocycles. The second-order valence-electron chi connectivity index (χ2n) is 11.4. The van der Waals surface area contributed by atoms with Crippen molar-refractivity contribution in [2.45, 2.75) is 52.2 Å². The van der Waals surface area contributed by atoms with Crippen LogP contribution in [0.15, 0.2) is 18.6 Å². The number of aromatic nitrogens is 5. The second kappa shape index (κ2) is 9.01. The molecule has 5 rings (SSSR count). The molecule has 1 saturated heterocycles. The molecule has 3 aromatic heterocycles. The van der Waals surface area contributed by atoms with Gasteiger partial charge in [-0.3, -0.25) is 14.8 Å². The molecule has 0 spiro atoms. The summed E-state index contributed by atoms with van der Waals surface area (Å²) in [5.41, 5.74) is 1.88. The lowest BCUT2D eigenvalue weighted by Gasteiger charge is -2.23. The van der Waals surface area contributed by atoms with Crippen LogP contribution < -0.4 is 10.2 Å². The SMILES string of the molecule is CCC12CC1CN(c1nc(NC(=O)c3cnn(C)c3)nc3c1c(C#N)cn3COCC[Si](C)(C)C)C2. The first-order valence-electron chi connectivity index (χ1n) is 12.6. The lowest BCUT2D eigenvalue weighted by Crippen LogP contribution is -2.26. The first kappa shape index (κ1) is 24.5. The third-order valence-electron chi connectivity index (χ3n) is 7.55. The van der Waals surface area contributed by atoms with Crippen molar-refractivity contribution in [3.05, 3.63) is 29.7 Å². The first-order chi connectivity index (χ1) is 17.1. The van der Waals surface area contributed by atoms with Crippen LogP contribution in [-0.4, -0.2) is 58.0 Å². The highest BCUT2D eigenvalue weighted by Gasteiger charge is 2.58. The van der Waals surface area contributed by atoms with Crippen molar-refractivity contribution in [1.82, 2.24) is 24.3 Å². The normalized spacial score (nSPS) is 21.0. The van der Waals surface area contributed by atoms with Crippen LogP contribution in [0.1, 0.15) is 35.7 Å². The minimum atomic E-state index is -1.22. The van der Waals surface area contributed by atoms with Crippen LogP contribution >= 0.6 is 0 Å². The van der Waals surface area contributed by atoms with Crippen molar-refractivity contribution in [3.63, 3.8) is 0 Å². The maximum absolute atomic E-state index is 12.9. The summed E-state index contributed by atoms with van der Waals surface area (Å²) in [5, 5.41) is 17.6. The van der Waals surface area contributed by atoms with Crippen LogP contribution in [-0.2, 0) is 18.5 Å². The van der Waals surface area contributed by atoms with Gasteiger partial charge in [0.1, 0.15) is 18.6 Å². The third-order valence-corrected chi connectivity index (χ3v) is 9.25. The van der Waals surface area contributed by atoms with E-state index in [1.54, 1.807) is 24.1 Å². The van der Waals surface area contributed by atoms with Crippen molar-refractivity contribution in [1.29, 1.82) is 5.26 Å². The summed E-state index contributed by atoms with van der Waals surface area (Å²) >= 11 is 0. The maximum atomic E-state index is 12.9. The van der Waals surface area contributed by atoms with Crippen molar-refractivity contribution < 1.29 is 9.53 Å². The Balaban J connectivity index is 1.51. The van der Waals surface area contributed by atoms with Gasteiger partial charge in [-0.05, 0) is 30.2 Å². The minimum Gasteiger partial charge on any atom is -0.361 e. The standard InChI is InChI=1S/C25H34N8O2Si/c1-6-25-9-19(25)14-32(15-25)21-20-17(10-26)13-33(16-35-7-8-36(3,4)5)22(20)29-24(28-21)30-23(34)18-11-27-31(2)12-18/h11-13,19H,6-9,14-16H2,1-5H3,(H,28,29,30,34). The van der Waals surface area contributed by atoms with Crippen LogP contribution in [0.5, 0.6) is 0 Å². The summed E-state index contributed by atoms with van der Waals surface area (Å²) in [6, 6.07) is 3.38. The fourth-order valence-electron chi connectivity index (χ4n) is 5.19. The monoisotopic (exact) mass is 506 g/mol. The number of anilines is 2. The average molecular weight is 507 g/mol. The zero-order valence-electron chi connectivity index (χ0n) is 21.7. The summed E-state index contributed by atoms with van der Waals surface area (Å²) in [6.45, 7) is 11.9. The van der Waals surface area contributed by atoms with E-state index in [2.05, 4.69) is 52.9 Å². The number of rotatable bonds is 9. The Labute approximate surface area is 212 Å². The number of nitrogens with one attached hydrogen (secondary N) is 1. The zero-order chi connectivity index (χ0) is 25.7. The molecule has 11 heteroatoms. The zero-order valence-corrected chi connectivity index (χ0v) is 22.7. The largest absolute Gasteiger partial charge is 0.361 e. The van der Waals surface area contributed by atoms with Crippen molar-refractivity contribution >= 4 is 36.8 Å². The van der Waals surface area contributed by atoms with Crippen molar-refractivity contribution in [2.24, 2.45) is 18.4 Å². The van der Waals surface area contributed by atoms with Gasteiger partial charge in [-0.1, -0.05) is 26.6 Å². The maximum Gasteiger partial charge on any atom is 0.261 e. The van der Waals surface area contributed by atoms with Gasteiger partial charge >= 0.3 is 0 Å². The third kappa shape index (κ3) is 4.63. The van der Waals surface area contributed by atoms with E-state index >= 15 is 0 Å². The lowest BCUT2D eigenvalue weighted by atomic mass is 10.0. The lowest BCUT2D eigenvalue weighted by molar-refractivity contribution is 0.0898. The van der Waals surface area contributed by atoms with Gasteiger partial charge in [0, 0.05) is 47.2 Å². The first-order valence-corrected chi connectivity index (χ1v) is 16.3. The second-order valence-corrected chi connectivity index (χ2v) is 17.0. The number of nitriles is 1. The molecule has 0 bridgehead atoms. The minimum absolute atomic E-state index is 0.211. The summed E-state index contributed by atoms with van der Waals surface area (Å²) in [6.07, 6.45) is 7.32. The van der Waals surface area contributed by atoms with E-state index in [0.29, 0.717) is 40.5 Å². The Bertz CT molecular complexity index is 1350. The van der Waals surface area contributed by atoms with Crippen LogP contribution in [0.2, 0.25) is 25.7 Å². The Kier molecular flexibility index (Phi) is 6.12. The Morgan fingerprint density at radius 2 is 2.14 bits per heavy atom. The van der Waals surface area contributed by atoms with Gasteiger partial charge in [-0.15, -0.1) is 0 Å². The summed E-state index contributed by atoms with van der Waals surface area (Å²) < 4.78 is 9.43. The average Bonchev–Trinajstić information content (AvgIpc) is 3.15. The molecule has 10 nitrogen and oxygen atoms in total. The summed E-state index contributed by atoms with van der Waals surface area (Å²) in [5.74, 6) is 1.24. The molecule has 3 aromatic rings. The number of hydrogen-bond acceptors (Lipinski definition) is 7. The molecule has 2 atom stereocenters. The topological polar surface area (TPSA) is 114 Å². The van der Waals surface area contributed by atoms with Crippen molar-refractivity contribution in [3.8, 4) is 6.07 Å². The molecular formula is C25H34N8O2Si. The van der Waals surface area contributed by atoms with E-state index < -0.39 is 8.07 Å². The number of amides is 1. The number of ether oxygens (including phenoxy) is 1. The molecule has 1 amide bonds. The molecule has 190 valence electrons. The van der Waals surface area contributed by atoms with Gasteiger partial charge < -0.3 is 14.2 Å². The fraction of sp³-hybridized carbons (Fsp3) is 0.560. The van der Waals surface area contributed by atoms with Gasteiger partial charge in [0.2, 0.25) is 5.95 Å². The Morgan fingerprint density at radius 1 is 1.33 bits per heavy atom. The number of hydrogen-bond donors (Lipinski definition) is 1. The Morgan fingerprint density at radius 3 is 2.78 bits per heavy atom. The van der Waals surface area contributed by atoms with Crippen LogP contribution in [0.25, 0.3) is 11.0 Å². The quantitative estimate of drug-likeness (QED) is 0.346. The van der Waals surface area contributed by atoms with E-state index in [-0.39, 0.29) is 18.6 Å². The summed E-state index contributed by atoms with van der Waals surface area (Å²) in [4.78, 5) is 24.6. The number of aryl methyl sites for hydroxylation is 1. The number of fused-ring (bicyclic) bond motifs is 2.